The van der Waals surface area contributed by atoms with E-state index in [1.807, 2.05) is 0 Å². The summed E-state index contributed by atoms with van der Waals surface area (Å²) in [6.45, 7) is -0.584. The molecule has 128 valence electrons. The van der Waals surface area contributed by atoms with Gasteiger partial charge in [-0.1, -0.05) is 0 Å². The van der Waals surface area contributed by atoms with E-state index in [4.69, 9.17) is 4.74 Å². The van der Waals surface area contributed by atoms with Gasteiger partial charge >= 0.3 is 5.24 Å². The van der Waals surface area contributed by atoms with Crippen LogP contribution in [0.3, 0.4) is 0 Å². The van der Waals surface area contributed by atoms with Crippen molar-refractivity contribution in [3.8, 4) is 21.9 Å². The number of nitrogens with one attached hydrogen (secondary N) is 1. The van der Waals surface area contributed by atoms with Gasteiger partial charge in [0.2, 0.25) is 4.70 Å². The van der Waals surface area contributed by atoms with Crippen molar-refractivity contribution in [1.29, 1.82) is 0 Å². The number of aromatic hydroxyl groups is 1. The summed E-state index contributed by atoms with van der Waals surface area (Å²) in [4.78, 5) is 27.8. The molecule has 2 heterocycles. The Morgan fingerprint density at radius 2 is 2.00 bits per heavy atom. The molecule has 8 heteroatoms. The number of rotatable bonds is 5. The third-order valence-electron chi connectivity index (χ3n) is 3.58. The van der Waals surface area contributed by atoms with Crippen molar-refractivity contribution in [2.45, 2.75) is 0 Å². The predicted molar refractivity (Wildman–Crippen MR) is 91.7 cm³/mol. The number of methoxy groups -OCH3 is 1. The van der Waals surface area contributed by atoms with Gasteiger partial charge in [-0.15, -0.1) is 0 Å². The molecule has 0 saturated heterocycles. The van der Waals surface area contributed by atoms with Gasteiger partial charge in [-0.25, -0.2) is 4.79 Å². The first-order chi connectivity index (χ1) is 12.0. The molecule has 1 amide bonds. The Morgan fingerprint density at radius 1 is 1.28 bits per heavy atom. The molecule has 25 heavy (non-hydrogen) atoms. The lowest BCUT2D eigenvalue weighted by molar-refractivity contribution is -0.303. The number of pyridine rings is 1. The fourth-order valence-corrected chi connectivity index (χ4v) is 4.44. The van der Waals surface area contributed by atoms with E-state index in [0.29, 0.717) is 20.7 Å². The lowest BCUT2D eigenvalue weighted by atomic mass is 10.1. The first-order valence-electron chi connectivity index (χ1n) is 7.26. The van der Waals surface area contributed by atoms with E-state index in [2.05, 4.69) is 10.3 Å². The van der Waals surface area contributed by atoms with Crippen LogP contribution in [0.1, 0.15) is 0 Å². The topological polar surface area (TPSA) is 112 Å². The number of fused-ring (bicyclic) bond motifs is 1. The number of aliphatic carboxylic acids is 1. The number of nitrogens with zero attached hydrogens (tertiary/aromatic N) is 1. The highest BCUT2D eigenvalue weighted by molar-refractivity contribution is 7.58. The van der Waals surface area contributed by atoms with Gasteiger partial charge in [0.25, 0.3) is 0 Å². The molecule has 0 aliphatic carbocycles. The van der Waals surface area contributed by atoms with Crippen molar-refractivity contribution in [3.05, 3.63) is 42.7 Å². The van der Waals surface area contributed by atoms with E-state index in [-0.39, 0.29) is 5.75 Å². The van der Waals surface area contributed by atoms with Crippen LogP contribution in [0.15, 0.2) is 42.7 Å². The van der Waals surface area contributed by atoms with Crippen molar-refractivity contribution in [1.82, 2.24) is 10.3 Å². The molecule has 1 unspecified atom stereocenters. The Bertz CT molecular complexity index is 950. The number of aromatic nitrogens is 1. The fourth-order valence-electron chi connectivity index (χ4n) is 2.43. The molecule has 0 spiro atoms. The van der Waals surface area contributed by atoms with E-state index in [1.165, 1.54) is 12.4 Å². The number of benzene rings is 1. The van der Waals surface area contributed by atoms with Crippen LogP contribution in [0.5, 0.6) is 11.5 Å². The number of carbonyl (C=O) groups excluding carboxylic acids is 2. The monoisotopic (exact) mass is 358 g/mol. The summed E-state index contributed by atoms with van der Waals surface area (Å²) < 4.78 is 5.68. The Labute approximate surface area is 145 Å². The zero-order valence-corrected chi connectivity index (χ0v) is 14.0. The van der Waals surface area contributed by atoms with Crippen LogP contribution in [0.4, 0.5) is 4.79 Å². The molecule has 2 N–H and O–H groups in total. The lowest BCUT2D eigenvalue weighted by Crippen LogP contribution is -2.36. The van der Waals surface area contributed by atoms with Crippen LogP contribution in [-0.2, 0) is 4.79 Å². The summed E-state index contributed by atoms with van der Waals surface area (Å²) in [5, 5.41) is 23.0. The Hall–Kier alpha value is -3.13. The predicted octanol–water partition coefficient (Wildman–Crippen LogP) is 1.67. The second-order valence-electron chi connectivity index (χ2n) is 5.13. The van der Waals surface area contributed by atoms with Gasteiger partial charge in [0.05, 0.1) is 47.9 Å². The van der Waals surface area contributed by atoms with E-state index in [0.717, 1.165) is 5.56 Å². The molecule has 0 saturated carbocycles. The minimum atomic E-state index is -1.37. The number of thiophene rings is 1. The maximum absolute atomic E-state index is 12.6. The van der Waals surface area contributed by atoms with Gasteiger partial charge < -0.3 is 25.1 Å². The number of carbonyl (C=O) groups is 2. The first-order valence-corrected chi connectivity index (χ1v) is 8.49. The van der Waals surface area contributed by atoms with Gasteiger partial charge in [0.15, 0.2) is 4.88 Å². The quantitative estimate of drug-likeness (QED) is 0.671. The minimum Gasteiger partial charge on any atom is -0.548 e. The molecule has 0 aliphatic rings. The van der Waals surface area contributed by atoms with Crippen molar-refractivity contribution in [2.24, 2.45) is 0 Å². The second-order valence-corrected chi connectivity index (χ2v) is 6.99. The smallest absolute Gasteiger partial charge is 0.457 e. The highest BCUT2D eigenvalue weighted by Crippen LogP contribution is 2.45. The van der Waals surface area contributed by atoms with Crippen LogP contribution in [-0.4, -0.2) is 35.0 Å². The highest BCUT2D eigenvalue weighted by Gasteiger charge is 2.31. The Kier molecular flexibility index (Phi) is 4.53. The minimum absolute atomic E-state index is 0.0359. The molecule has 0 fully saturated rings. The molecule has 2 aromatic heterocycles. The molecule has 1 atom stereocenters. The number of carboxylic acid groups (broad SMARTS) is 1. The highest BCUT2D eigenvalue weighted by atomic mass is 32.2. The summed E-state index contributed by atoms with van der Waals surface area (Å²) >= 11 is 0. The van der Waals surface area contributed by atoms with Crippen molar-refractivity contribution in [3.63, 3.8) is 0 Å². The number of amides is 1. The average molecular weight is 358 g/mol. The SMILES string of the molecule is COc1ccc(-c2cc3c(O)cncc3[s+]2C(=O)NCC(=O)[O-])cc1. The van der Waals surface area contributed by atoms with Crippen LogP contribution >= 0.6 is 10.5 Å². The molecular weight excluding hydrogens is 344 g/mol. The summed E-state index contributed by atoms with van der Waals surface area (Å²) in [5.74, 6) is -0.739. The largest absolute Gasteiger partial charge is 0.548 e. The summed E-state index contributed by atoms with van der Waals surface area (Å²) in [6.07, 6.45) is 2.80. The molecule has 0 bridgehead atoms. The van der Waals surface area contributed by atoms with Gasteiger partial charge in [-0.05, 0) is 24.3 Å². The van der Waals surface area contributed by atoms with Gasteiger partial charge in [-0.3, -0.25) is 4.98 Å². The Balaban J connectivity index is 2.15. The standard InChI is InChI=1S/C17H14N2O5S/c1-24-11-4-2-10(3-5-11)14-6-12-13(20)7-18-8-15(12)25(14)17(23)19-9-16(21)22/h2-8H,9H2,1H3,(H2-,19,20,21,22,23). The third-order valence-corrected chi connectivity index (χ3v) is 5.66. The average Bonchev–Trinajstić information content (AvgIpc) is 3.00. The van der Waals surface area contributed by atoms with Crippen molar-refractivity contribution >= 4 is 31.8 Å². The number of hydrogen-bond acceptors (Lipinski definition) is 6. The molecule has 3 rings (SSSR count). The maximum atomic E-state index is 12.6. The van der Waals surface area contributed by atoms with E-state index in [9.17, 15) is 19.8 Å². The molecule has 0 aliphatic heterocycles. The summed E-state index contributed by atoms with van der Waals surface area (Å²) in [7, 11) is 0.443. The van der Waals surface area contributed by atoms with E-state index >= 15 is 0 Å². The molecule has 3 aromatic rings. The number of ether oxygens (including phenoxy) is 1. The third kappa shape index (κ3) is 3.24. The molecular formula is C17H14N2O5S. The van der Waals surface area contributed by atoms with E-state index < -0.39 is 28.2 Å². The normalized spacial score (nSPS) is 11.3. The van der Waals surface area contributed by atoms with Crippen LogP contribution in [0.25, 0.3) is 20.5 Å². The Morgan fingerprint density at radius 3 is 2.64 bits per heavy atom. The van der Waals surface area contributed by atoms with Crippen LogP contribution in [0, 0.1) is 0 Å². The molecule has 7 nitrogen and oxygen atoms in total. The fraction of sp³-hybridized carbons (Fsp3) is 0.118. The van der Waals surface area contributed by atoms with Crippen LogP contribution < -0.4 is 15.2 Å². The lowest BCUT2D eigenvalue weighted by Gasteiger charge is -2.02. The first kappa shape index (κ1) is 16.7. The molecule has 1 aromatic carbocycles. The van der Waals surface area contributed by atoms with Gasteiger partial charge in [0.1, 0.15) is 11.5 Å². The van der Waals surface area contributed by atoms with Crippen LogP contribution in [0.2, 0.25) is 0 Å². The summed E-state index contributed by atoms with van der Waals surface area (Å²) in [5.41, 5.74) is 0.767. The molecule has 0 radical (unpaired) electrons. The second kappa shape index (κ2) is 6.78. The number of carboxylic acids is 1. The number of hydrogen-bond donors (Lipinski definition) is 2. The maximum Gasteiger partial charge on any atom is 0.457 e. The summed E-state index contributed by atoms with van der Waals surface area (Å²) in [6, 6.07) is 8.84. The zero-order valence-electron chi connectivity index (χ0n) is 13.2. The van der Waals surface area contributed by atoms with Gasteiger partial charge in [-0.2, -0.15) is 0 Å². The van der Waals surface area contributed by atoms with E-state index in [1.54, 1.807) is 37.4 Å². The zero-order chi connectivity index (χ0) is 18.0. The van der Waals surface area contributed by atoms with Crippen molar-refractivity contribution in [2.75, 3.05) is 13.7 Å². The van der Waals surface area contributed by atoms with Crippen molar-refractivity contribution < 1.29 is 24.5 Å². The van der Waals surface area contributed by atoms with Gasteiger partial charge in [0, 0.05) is 11.6 Å².